The van der Waals surface area contributed by atoms with E-state index in [1.807, 2.05) is 42.5 Å². The highest BCUT2D eigenvalue weighted by Crippen LogP contribution is 2.12. The number of hydrogen-bond acceptors (Lipinski definition) is 4. The zero-order valence-corrected chi connectivity index (χ0v) is 16.4. The van der Waals surface area contributed by atoms with Crippen molar-refractivity contribution in [1.29, 1.82) is 0 Å². The van der Waals surface area contributed by atoms with E-state index >= 15 is 0 Å². The van der Waals surface area contributed by atoms with Crippen LogP contribution in [0.4, 0.5) is 0 Å². The third-order valence-electron chi connectivity index (χ3n) is 4.98. The van der Waals surface area contributed by atoms with Crippen LogP contribution in [0.1, 0.15) is 21.6 Å². The Labute approximate surface area is 172 Å². The van der Waals surface area contributed by atoms with Crippen LogP contribution in [0.2, 0.25) is 0 Å². The predicted octanol–water partition coefficient (Wildman–Crippen LogP) is 2.07. The summed E-state index contributed by atoms with van der Waals surface area (Å²) in [6.07, 6.45) is 1.68. The Bertz CT molecular complexity index is 1320. The Morgan fingerprint density at radius 2 is 1.60 bits per heavy atom. The Morgan fingerprint density at radius 3 is 2.30 bits per heavy atom. The van der Waals surface area contributed by atoms with Gasteiger partial charge in [0.15, 0.2) is 0 Å². The number of carbonyl (C=O) groups excluding carboxylic acids is 1. The molecule has 0 saturated heterocycles. The number of pyridine rings is 1. The van der Waals surface area contributed by atoms with E-state index < -0.39 is 11.1 Å². The van der Waals surface area contributed by atoms with E-state index in [9.17, 15) is 14.4 Å². The van der Waals surface area contributed by atoms with Crippen molar-refractivity contribution in [2.24, 2.45) is 7.05 Å². The number of aromatic nitrogens is 3. The van der Waals surface area contributed by atoms with Gasteiger partial charge in [0.25, 0.3) is 5.91 Å². The molecule has 0 atom stereocenters. The molecule has 2 aromatic heterocycles. The number of fused-ring (bicyclic) bond motifs is 1. The lowest BCUT2D eigenvalue weighted by molar-refractivity contribution is 0.0950. The summed E-state index contributed by atoms with van der Waals surface area (Å²) in [5.74, 6) is -0.205. The molecule has 0 unspecified atom stereocenters. The van der Waals surface area contributed by atoms with Crippen LogP contribution in [-0.2, 0) is 20.1 Å². The molecule has 0 aliphatic carbocycles. The third-order valence-corrected chi connectivity index (χ3v) is 4.98. The predicted molar refractivity (Wildman–Crippen MR) is 114 cm³/mol. The normalized spacial score (nSPS) is 10.8. The lowest BCUT2D eigenvalue weighted by Crippen LogP contribution is -2.40. The van der Waals surface area contributed by atoms with E-state index in [4.69, 9.17) is 0 Å². The molecule has 2 aromatic carbocycles. The highest BCUT2D eigenvalue weighted by Gasteiger charge is 2.11. The van der Waals surface area contributed by atoms with E-state index in [0.29, 0.717) is 23.1 Å². The fraction of sp³-hybridized carbons (Fsp3) is 0.130. The molecule has 0 aliphatic rings. The Kier molecular flexibility index (Phi) is 5.26. The monoisotopic (exact) mass is 400 g/mol. The SMILES string of the molecule is Cn1c(=O)c(=O)n(Cc2ccc(C(=O)NCc3ccccn3)cc2)c2ccccc21. The molecule has 150 valence electrons. The van der Waals surface area contributed by atoms with Crippen molar-refractivity contribution in [2.75, 3.05) is 0 Å². The van der Waals surface area contributed by atoms with Crippen LogP contribution >= 0.6 is 0 Å². The maximum atomic E-state index is 12.6. The van der Waals surface area contributed by atoms with E-state index in [0.717, 1.165) is 11.3 Å². The minimum atomic E-state index is -0.576. The smallest absolute Gasteiger partial charge is 0.317 e. The second-order valence-electron chi connectivity index (χ2n) is 6.94. The van der Waals surface area contributed by atoms with Gasteiger partial charge in [-0.1, -0.05) is 30.3 Å². The van der Waals surface area contributed by atoms with Crippen LogP contribution in [0.15, 0.2) is 82.5 Å². The molecule has 7 heteroatoms. The van der Waals surface area contributed by atoms with Gasteiger partial charge in [0.1, 0.15) is 0 Å². The Balaban J connectivity index is 1.55. The van der Waals surface area contributed by atoms with Gasteiger partial charge in [0.05, 0.1) is 29.8 Å². The average molecular weight is 400 g/mol. The van der Waals surface area contributed by atoms with Crippen molar-refractivity contribution in [3.05, 3.63) is 110 Å². The molecule has 4 rings (SSSR count). The molecule has 4 aromatic rings. The van der Waals surface area contributed by atoms with Gasteiger partial charge in [0, 0.05) is 18.8 Å². The molecule has 0 spiro atoms. The zero-order chi connectivity index (χ0) is 21.1. The van der Waals surface area contributed by atoms with Crippen LogP contribution in [-0.4, -0.2) is 20.0 Å². The molecule has 7 nitrogen and oxygen atoms in total. The van der Waals surface area contributed by atoms with Crippen molar-refractivity contribution in [2.45, 2.75) is 13.1 Å². The number of nitrogens with zero attached hydrogens (tertiary/aromatic N) is 3. The van der Waals surface area contributed by atoms with Crippen LogP contribution in [0, 0.1) is 0 Å². The van der Waals surface area contributed by atoms with E-state index in [-0.39, 0.29) is 12.5 Å². The van der Waals surface area contributed by atoms with E-state index in [1.54, 1.807) is 37.5 Å². The molecule has 0 aliphatic heterocycles. The average Bonchev–Trinajstić information content (AvgIpc) is 2.80. The second kappa shape index (κ2) is 8.16. The van der Waals surface area contributed by atoms with Crippen LogP contribution in [0.5, 0.6) is 0 Å². The van der Waals surface area contributed by atoms with E-state index in [2.05, 4.69) is 10.3 Å². The molecule has 0 radical (unpaired) electrons. The molecule has 0 fully saturated rings. The van der Waals surface area contributed by atoms with Crippen molar-refractivity contribution in [3.8, 4) is 0 Å². The first-order chi connectivity index (χ1) is 14.5. The van der Waals surface area contributed by atoms with Gasteiger partial charge in [-0.3, -0.25) is 23.9 Å². The number of rotatable bonds is 5. The topological polar surface area (TPSA) is 86.0 Å². The lowest BCUT2D eigenvalue weighted by atomic mass is 10.1. The van der Waals surface area contributed by atoms with E-state index in [1.165, 1.54) is 9.13 Å². The number of benzene rings is 2. The molecule has 2 heterocycles. The number of amides is 1. The first-order valence-corrected chi connectivity index (χ1v) is 9.50. The zero-order valence-electron chi connectivity index (χ0n) is 16.4. The first kappa shape index (κ1) is 19.3. The summed E-state index contributed by atoms with van der Waals surface area (Å²) >= 11 is 0. The third kappa shape index (κ3) is 3.77. The summed E-state index contributed by atoms with van der Waals surface area (Å²) in [5, 5.41) is 2.83. The molecule has 30 heavy (non-hydrogen) atoms. The lowest BCUT2D eigenvalue weighted by Gasteiger charge is -2.13. The Hall–Kier alpha value is -4.00. The number of nitrogens with one attached hydrogen (secondary N) is 1. The molecule has 1 N–H and O–H groups in total. The summed E-state index contributed by atoms with van der Waals surface area (Å²) in [4.78, 5) is 41.4. The van der Waals surface area contributed by atoms with Crippen molar-refractivity contribution in [1.82, 2.24) is 19.4 Å². The van der Waals surface area contributed by atoms with Crippen LogP contribution in [0.25, 0.3) is 11.0 Å². The highest BCUT2D eigenvalue weighted by molar-refractivity contribution is 5.94. The standard InChI is InChI=1S/C23H20N4O3/c1-26-19-7-2-3-8-20(19)27(23(30)22(26)29)15-16-9-11-17(12-10-16)21(28)25-14-18-6-4-5-13-24-18/h2-13H,14-15H2,1H3,(H,25,28). The maximum absolute atomic E-state index is 12.6. The summed E-state index contributed by atoms with van der Waals surface area (Å²) in [6.45, 7) is 0.585. The molecular formula is C23H20N4O3. The number of hydrogen-bond donors (Lipinski definition) is 1. The van der Waals surface area contributed by atoms with Crippen LogP contribution in [0.3, 0.4) is 0 Å². The summed E-state index contributed by atoms with van der Waals surface area (Å²) in [7, 11) is 1.59. The van der Waals surface area contributed by atoms with Crippen molar-refractivity contribution in [3.63, 3.8) is 0 Å². The molecule has 0 bridgehead atoms. The minimum Gasteiger partial charge on any atom is -0.346 e. The van der Waals surface area contributed by atoms with Gasteiger partial charge in [-0.2, -0.15) is 0 Å². The fourth-order valence-electron chi connectivity index (χ4n) is 3.33. The number of para-hydroxylation sites is 2. The van der Waals surface area contributed by atoms with Gasteiger partial charge in [-0.05, 0) is 42.0 Å². The molecule has 1 amide bonds. The van der Waals surface area contributed by atoms with Crippen LogP contribution < -0.4 is 16.4 Å². The first-order valence-electron chi connectivity index (χ1n) is 9.50. The van der Waals surface area contributed by atoms with Gasteiger partial charge < -0.3 is 9.88 Å². The molecule has 0 saturated carbocycles. The quantitative estimate of drug-likeness (QED) is 0.520. The van der Waals surface area contributed by atoms with Gasteiger partial charge >= 0.3 is 11.1 Å². The van der Waals surface area contributed by atoms with Crippen molar-refractivity contribution < 1.29 is 4.79 Å². The van der Waals surface area contributed by atoms with Gasteiger partial charge in [-0.15, -0.1) is 0 Å². The summed E-state index contributed by atoms with van der Waals surface area (Å²) in [5.41, 5.74) is 2.33. The maximum Gasteiger partial charge on any atom is 0.317 e. The summed E-state index contributed by atoms with van der Waals surface area (Å²) in [6, 6.07) is 19.8. The minimum absolute atomic E-state index is 0.205. The fourth-order valence-corrected chi connectivity index (χ4v) is 3.33. The molecular weight excluding hydrogens is 380 g/mol. The highest BCUT2D eigenvalue weighted by atomic mass is 16.2. The number of aryl methyl sites for hydroxylation is 1. The number of carbonyl (C=O) groups is 1. The largest absolute Gasteiger partial charge is 0.346 e. The Morgan fingerprint density at radius 1 is 0.900 bits per heavy atom. The van der Waals surface area contributed by atoms with Crippen molar-refractivity contribution >= 4 is 16.9 Å². The summed E-state index contributed by atoms with van der Waals surface area (Å²) < 4.78 is 2.83. The van der Waals surface area contributed by atoms with Gasteiger partial charge in [-0.25, -0.2) is 0 Å². The second-order valence-corrected chi connectivity index (χ2v) is 6.94. The van der Waals surface area contributed by atoms with Gasteiger partial charge in [0.2, 0.25) is 0 Å².